The highest BCUT2D eigenvalue weighted by Crippen LogP contribution is 2.12. The van der Waals surface area contributed by atoms with Gasteiger partial charge in [-0.25, -0.2) is 0 Å². The predicted molar refractivity (Wildman–Crippen MR) is 63.6 cm³/mol. The Hall–Kier alpha value is -0.860. The first kappa shape index (κ1) is 16.2. The largest absolute Gasteiger partial charge is 0.405 e. The second kappa shape index (κ2) is 7.06. The van der Waals surface area contributed by atoms with Gasteiger partial charge in [-0.3, -0.25) is 14.6 Å². The van der Waals surface area contributed by atoms with Gasteiger partial charge in [0.25, 0.3) is 0 Å². The summed E-state index contributed by atoms with van der Waals surface area (Å²) in [5, 5.41) is 11.1. The number of piperazine rings is 1. The smallest absolute Gasteiger partial charge is 0.392 e. The maximum absolute atomic E-state index is 11.9. The Morgan fingerprint density at radius 3 is 2.26 bits per heavy atom. The summed E-state index contributed by atoms with van der Waals surface area (Å²) in [4.78, 5) is 15.2. The minimum absolute atomic E-state index is 0.0153. The Morgan fingerprint density at radius 2 is 1.79 bits per heavy atom. The van der Waals surface area contributed by atoms with Crippen LogP contribution in [-0.4, -0.2) is 78.9 Å². The molecule has 19 heavy (non-hydrogen) atoms. The molecule has 0 aromatic rings. The van der Waals surface area contributed by atoms with Crippen LogP contribution in [0.3, 0.4) is 0 Å². The molecule has 1 rings (SSSR count). The van der Waals surface area contributed by atoms with Gasteiger partial charge < -0.3 is 10.4 Å². The average molecular weight is 283 g/mol. The molecule has 1 fully saturated rings. The van der Waals surface area contributed by atoms with E-state index in [1.807, 2.05) is 10.2 Å². The predicted octanol–water partition coefficient (Wildman–Crippen LogP) is -0.337. The molecular weight excluding hydrogens is 263 g/mol. The van der Waals surface area contributed by atoms with E-state index in [1.165, 1.54) is 0 Å². The van der Waals surface area contributed by atoms with Gasteiger partial charge >= 0.3 is 6.18 Å². The molecule has 1 aliphatic heterocycles. The van der Waals surface area contributed by atoms with Crippen molar-refractivity contribution in [2.75, 3.05) is 45.8 Å². The fourth-order valence-electron chi connectivity index (χ4n) is 1.96. The maximum Gasteiger partial charge on any atom is 0.405 e. The summed E-state index contributed by atoms with van der Waals surface area (Å²) in [6.07, 6.45) is -4.77. The van der Waals surface area contributed by atoms with Gasteiger partial charge in [0.1, 0.15) is 6.54 Å². The van der Waals surface area contributed by atoms with Crippen LogP contribution in [0.15, 0.2) is 0 Å². The zero-order valence-electron chi connectivity index (χ0n) is 10.9. The third kappa shape index (κ3) is 7.34. The van der Waals surface area contributed by atoms with Crippen LogP contribution in [0.25, 0.3) is 0 Å². The maximum atomic E-state index is 11.9. The molecule has 2 N–H and O–H groups in total. The number of carbonyl (C=O) groups excluding carboxylic acids is 1. The molecule has 1 aliphatic rings. The van der Waals surface area contributed by atoms with Crippen LogP contribution in [0.5, 0.6) is 0 Å². The summed E-state index contributed by atoms with van der Waals surface area (Å²) in [6.45, 7) is 3.63. The van der Waals surface area contributed by atoms with E-state index in [0.29, 0.717) is 32.7 Å². The molecule has 0 aliphatic carbocycles. The molecule has 0 saturated carbocycles. The number of amides is 1. The third-order valence-electron chi connectivity index (χ3n) is 2.84. The van der Waals surface area contributed by atoms with Crippen LogP contribution in [0.2, 0.25) is 0 Å². The van der Waals surface area contributed by atoms with Gasteiger partial charge in [-0.05, 0) is 6.92 Å². The molecule has 1 saturated heterocycles. The van der Waals surface area contributed by atoms with Crippen LogP contribution in [0.1, 0.15) is 6.92 Å². The first-order valence-electron chi connectivity index (χ1n) is 6.22. The van der Waals surface area contributed by atoms with Gasteiger partial charge in [0.15, 0.2) is 0 Å². The molecule has 5 nitrogen and oxygen atoms in total. The molecule has 1 amide bonds. The highest BCUT2D eigenvalue weighted by atomic mass is 19.4. The summed E-state index contributed by atoms with van der Waals surface area (Å²) in [5.74, 6) is -0.610. The highest BCUT2D eigenvalue weighted by molar-refractivity contribution is 5.78. The lowest BCUT2D eigenvalue weighted by Crippen LogP contribution is -2.51. The summed E-state index contributed by atoms with van der Waals surface area (Å²) >= 11 is 0. The normalized spacial score (nSPS) is 20.3. The van der Waals surface area contributed by atoms with E-state index in [2.05, 4.69) is 4.90 Å². The number of rotatable bonds is 5. The number of nitrogens with zero attached hydrogens (tertiary/aromatic N) is 2. The lowest BCUT2D eigenvalue weighted by Gasteiger charge is -2.34. The minimum atomic E-state index is -4.37. The fraction of sp³-hybridized carbons (Fsp3) is 0.909. The highest BCUT2D eigenvalue weighted by Gasteiger charge is 2.28. The van der Waals surface area contributed by atoms with Crippen molar-refractivity contribution >= 4 is 5.91 Å². The fourth-order valence-corrected chi connectivity index (χ4v) is 1.96. The van der Waals surface area contributed by atoms with Crippen LogP contribution in [0.4, 0.5) is 13.2 Å². The zero-order chi connectivity index (χ0) is 14.5. The molecule has 1 atom stereocenters. The number of β-amino-alcohol motifs (C(OH)–C–C–N with tert-alkyl or cyclic N) is 1. The van der Waals surface area contributed by atoms with Crippen molar-refractivity contribution in [2.45, 2.75) is 19.2 Å². The van der Waals surface area contributed by atoms with Gasteiger partial charge in [-0.15, -0.1) is 0 Å². The topological polar surface area (TPSA) is 55.8 Å². The summed E-state index contributed by atoms with van der Waals surface area (Å²) in [6, 6.07) is 0. The van der Waals surface area contributed by atoms with Crippen molar-refractivity contribution in [1.29, 1.82) is 0 Å². The van der Waals surface area contributed by atoms with E-state index in [9.17, 15) is 23.1 Å². The lowest BCUT2D eigenvalue weighted by atomic mass is 10.2. The third-order valence-corrected chi connectivity index (χ3v) is 2.84. The molecule has 0 aromatic heterocycles. The molecule has 8 heteroatoms. The van der Waals surface area contributed by atoms with Crippen LogP contribution in [0, 0.1) is 0 Å². The first-order chi connectivity index (χ1) is 8.76. The second-order valence-electron chi connectivity index (χ2n) is 4.82. The van der Waals surface area contributed by atoms with Gasteiger partial charge in [0.05, 0.1) is 12.6 Å². The number of halogens is 3. The Kier molecular flexibility index (Phi) is 6.02. The van der Waals surface area contributed by atoms with Crippen molar-refractivity contribution in [3.8, 4) is 0 Å². The number of hydrogen-bond donors (Lipinski definition) is 2. The number of carbonyl (C=O) groups is 1. The summed E-state index contributed by atoms with van der Waals surface area (Å²) < 4.78 is 35.7. The van der Waals surface area contributed by atoms with Gasteiger partial charge in [-0.1, -0.05) is 0 Å². The Bertz CT molecular complexity index is 289. The Morgan fingerprint density at radius 1 is 1.26 bits per heavy atom. The number of alkyl halides is 3. The lowest BCUT2D eigenvalue weighted by molar-refractivity contribution is -0.139. The molecule has 0 aromatic carbocycles. The minimum Gasteiger partial charge on any atom is -0.392 e. The van der Waals surface area contributed by atoms with E-state index in [0.717, 1.165) is 0 Å². The van der Waals surface area contributed by atoms with Crippen molar-refractivity contribution in [2.24, 2.45) is 0 Å². The molecule has 0 unspecified atom stereocenters. The molecular formula is C11H20F3N3O2. The Balaban J connectivity index is 2.20. The molecule has 0 radical (unpaired) electrons. The van der Waals surface area contributed by atoms with Crippen molar-refractivity contribution in [3.05, 3.63) is 0 Å². The van der Waals surface area contributed by atoms with Crippen LogP contribution >= 0.6 is 0 Å². The number of nitrogens with one attached hydrogen (secondary N) is 1. The van der Waals surface area contributed by atoms with Crippen molar-refractivity contribution in [3.63, 3.8) is 0 Å². The number of aliphatic hydroxyl groups excluding tert-OH is 1. The molecule has 0 spiro atoms. The van der Waals surface area contributed by atoms with E-state index in [-0.39, 0.29) is 6.54 Å². The van der Waals surface area contributed by atoms with Crippen LogP contribution < -0.4 is 5.32 Å². The van der Waals surface area contributed by atoms with Crippen molar-refractivity contribution < 1.29 is 23.1 Å². The average Bonchev–Trinajstić information content (AvgIpc) is 2.28. The number of aliphatic hydroxyl groups is 1. The van der Waals surface area contributed by atoms with E-state index in [4.69, 9.17) is 0 Å². The first-order valence-corrected chi connectivity index (χ1v) is 6.22. The summed E-state index contributed by atoms with van der Waals surface area (Å²) in [5.41, 5.74) is 0. The van der Waals surface area contributed by atoms with Crippen molar-refractivity contribution in [1.82, 2.24) is 15.1 Å². The summed E-state index contributed by atoms with van der Waals surface area (Å²) in [7, 11) is 0. The quantitative estimate of drug-likeness (QED) is 0.725. The standard InChI is InChI=1S/C11H20F3N3O2/c1-9(18)6-16-2-4-17(5-3-16)7-10(19)15-8-11(12,13)14/h9,18H,2-8H2,1H3,(H,15,19)/t9-/m1/s1. The SMILES string of the molecule is C[C@@H](O)CN1CCN(CC(=O)NCC(F)(F)F)CC1. The number of hydrogen-bond acceptors (Lipinski definition) is 4. The second-order valence-corrected chi connectivity index (χ2v) is 4.82. The zero-order valence-corrected chi connectivity index (χ0v) is 10.9. The molecule has 1 heterocycles. The van der Waals surface area contributed by atoms with Gasteiger partial charge in [-0.2, -0.15) is 13.2 Å². The Labute approximate surface area is 110 Å². The van der Waals surface area contributed by atoms with Crippen LogP contribution in [-0.2, 0) is 4.79 Å². The molecule has 112 valence electrons. The van der Waals surface area contributed by atoms with Gasteiger partial charge in [0, 0.05) is 32.7 Å². The van der Waals surface area contributed by atoms with Gasteiger partial charge in [0.2, 0.25) is 5.91 Å². The van der Waals surface area contributed by atoms with E-state index >= 15 is 0 Å². The van der Waals surface area contributed by atoms with E-state index < -0.39 is 24.7 Å². The monoisotopic (exact) mass is 283 g/mol. The van der Waals surface area contributed by atoms with E-state index in [1.54, 1.807) is 6.92 Å². The molecule has 0 bridgehead atoms.